The molecule has 30 heavy (non-hydrogen) atoms. The maximum absolute atomic E-state index is 12.7. The molecule has 1 heterocycles. The molecule has 1 aromatic carbocycles. The summed E-state index contributed by atoms with van der Waals surface area (Å²) >= 11 is 1.62. The molecule has 0 aliphatic heterocycles. The molecule has 2 aromatic rings. The summed E-state index contributed by atoms with van der Waals surface area (Å²) < 4.78 is 5.30. The summed E-state index contributed by atoms with van der Waals surface area (Å²) in [4.78, 5) is 29.2. The average Bonchev–Trinajstić information content (AvgIpc) is 3.11. The Morgan fingerprint density at radius 3 is 2.23 bits per heavy atom. The van der Waals surface area contributed by atoms with Crippen molar-refractivity contribution >= 4 is 23.3 Å². The van der Waals surface area contributed by atoms with Crippen LogP contribution in [0.15, 0.2) is 29.6 Å². The van der Waals surface area contributed by atoms with Crippen molar-refractivity contribution < 1.29 is 14.3 Å². The van der Waals surface area contributed by atoms with Gasteiger partial charge in [0.05, 0.1) is 22.7 Å². The molecule has 0 saturated carbocycles. The molecule has 2 amide bonds. The Kier molecular flexibility index (Phi) is 8.01. The summed E-state index contributed by atoms with van der Waals surface area (Å²) in [5, 5.41) is 8.99. The molecule has 0 bridgehead atoms. The number of carbonyl (C=O) groups excluding carboxylic acids is 2. The number of carbonyl (C=O) groups is 2. The first-order valence-corrected chi connectivity index (χ1v) is 11.2. The largest absolute Gasteiger partial charge is 0.444 e. The summed E-state index contributed by atoms with van der Waals surface area (Å²) in [6, 6.07) is 7.91. The van der Waals surface area contributed by atoms with Gasteiger partial charge in [-0.2, -0.15) is 0 Å². The topological polar surface area (TPSA) is 80.3 Å². The molecule has 164 valence electrons. The third-order valence-corrected chi connectivity index (χ3v) is 5.74. The zero-order chi connectivity index (χ0) is 22.4. The van der Waals surface area contributed by atoms with Crippen LogP contribution in [0.3, 0.4) is 0 Å². The maximum Gasteiger partial charge on any atom is 0.407 e. The minimum absolute atomic E-state index is 0.0676. The van der Waals surface area contributed by atoms with Gasteiger partial charge in [-0.25, -0.2) is 9.78 Å². The third kappa shape index (κ3) is 7.13. The summed E-state index contributed by atoms with van der Waals surface area (Å²) in [5.41, 5.74) is 1.87. The fraction of sp³-hybridized carbons (Fsp3) is 0.522. The summed E-state index contributed by atoms with van der Waals surface area (Å²) in [7, 11) is 0. The first kappa shape index (κ1) is 23.9. The van der Waals surface area contributed by atoms with E-state index in [1.165, 1.54) is 0 Å². The van der Waals surface area contributed by atoms with E-state index >= 15 is 0 Å². The number of aromatic nitrogens is 1. The van der Waals surface area contributed by atoms with Crippen LogP contribution < -0.4 is 10.6 Å². The quantitative estimate of drug-likeness (QED) is 0.625. The molecule has 0 spiro atoms. The molecule has 0 unspecified atom stereocenters. The van der Waals surface area contributed by atoms with E-state index < -0.39 is 17.2 Å². The smallest absolute Gasteiger partial charge is 0.407 e. The van der Waals surface area contributed by atoms with E-state index in [1.54, 1.807) is 11.3 Å². The van der Waals surface area contributed by atoms with Crippen molar-refractivity contribution in [1.29, 1.82) is 0 Å². The van der Waals surface area contributed by atoms with Gasteiger partial charge in [0.15, 0.2) is 0 Å². The molecular formula is C23H33N3O3S. The first-order valence-electron chi connectivity index (χ1n) is 10.3. The number of amides is 2. The normalized spacial score (nSPS) is 11.8. The molecule has 2 rings (SSSR count). The van der Waals surface area contributed by atoms with Gasteiger partial charge in [-0.15, -0.1) is 11.3 Å². The van der Waals surface area contributed by atoms with E-state index in [0.29, 0.717) is 19.4 Å². The zero-order valence-electron chi connectivity index (χ0n) is 18.8. The van der Waals surface area contributed by atoms with Crippen LogP contribution in [-0.4, -0.2) is 34.7 Å². The highest BCUT2D eigenvalue weighted by atomic mass is 32.1. The molecule has 7 heteroatoms. The van der Waals surface area contributed by atoms with Crippen molar-refractivity contribution in [3.05, 3.63) is 40.2 Å². The van der Waals surface area contributed by atoms with Crippen molar-refractivity contribution in [2.24, 2.45) is 0 Å². The number of nitrogens with zero attached hydrogens (tertiary/aromatic N) is 1. The van der Waals surface area contributed by atoms with Crippen LogP contribution >= 0.6 is 11.3 Å². The lowest BCUT2D eigenvalue weighted by Crippen LogP contribution is -2.55. The van der Waals surface area contributed by atoms with Crippen molar-refractivity contribution in [2.45, 2.75) is 71.9 Å². The van der Waals surface area contributed by atoms with Crippen LogP contribution in [-0.2, 0) is 16.0 Å². The number of rotatable bonds is 8. The Morgan fingerprint density at radius 1 is 1.10 bits per heavy atom. The Bertz CT molecular complexity index is 849. The van der Waals surface area contributed by atoms with Crippen LogP contribution in [0.2, 0.25) is 0 Å². The predicted octanol–water partition coefficient (Wildman–Crippen LogP) is 4.86. The highest BCUT2D eigenvalue weighted by Gasteiger charge is 2.29. The highest BCUT2D eigenvalue weighted by molar-refractivity contribution is 7.09. The SMILES string of the molecule is CCC(CC)(CNC(=O)OC(C)(C)C)NC(=O)Cc1ccc(-c2csc(C)n2)cc1. The van der Waals surface area contributed by atoms with Crippen LogP contribution in [0.1, 0.15) is 58.0 Å². The van der Waals surface area contributed by atoms with E-state index in [2.05, 4.69) is 15.6 Å². The summed E-state index contributed by atoms with van der Waals surface area (Å²) in [6.45, 7) is 11.8. The lowest BCUT2D eigenvalue weighted by Gasteiger charge is -2.33. The number of benzene rings is 1. The molecule has 1 aromatic heterocycles. The standard InChI is InChI=1S/C23H33N3O3S/c1-7-23(8-2,15-24-21(28)29-22(4,5)6)26-20(27)13-17-9-11-18(12-10-17)19-14-30-16(3)25-19/h9-12,14H,7-8,13,15H2,1-6H3,(H,24,28)(H,26,27). The van der Waals surface area contributed by atoms with Gasteiger partial charge in [0.25, 0.3) is 0 Å². The number of hydrogen-bond donors (Lipinski definition) is 2. The number of thiazole rings is 1. The van der Waals surface area contributed by atoms with Gasteiger partial charge in [0.2, 0.25) is 5.91 Å². The molecule has 0 fully saturated rings. The minimum atomic E-state index is -0.558. The maximum atomic E-state index is 12.7. The van der Waals surface area contributed by atoms with Gasteiger partial charge in [-0.1, -0.05) is 38.1 Å². The van der Waals surface area contributed by atoms with Crippen LogP contribution in [0.25, 0.3) is 11.3 Å². The molecule has 0 aliphatic carbocycles. The number of nitrogens with one attached hydrogen (secondary N) is 2. The monoisotopic (exact) mass is 431 g/mol. The number of alkyl carbamates (subject to hydrolysis) is 1. The van der Waals surface area contributed by atoms with Crippen molar-refractivity contribution in [1.82, 2.24) is 15.6 Å². The molecule has 0 aliphatic rings. The number of hydrogen-bond acceptors (Lipinski definition) is 5. The molecular weight excluding hydrogens is 398 g/mol. The third-order valence-electron chi connectivity index (χ3n) is 4.96. The molecule has 0 atom stereocenters. The molecule has 2 N–H and O–H groups in total. The zero-order valence-corrected chi connectivity index (χ0v) is 19.6. The van der Waals surface area contributed by atoms with Crippen LogP contribution in [0, 0.1) is 6.92 Å². The Balaban J connectivity index is 1.96. The predicted molar refractivity (Wildman–Crippen MR) is 122 cm³/mol. The highest BCUT2D eigenvalue weighted by Crippen LogP contribution is 2.22. The minimum Gasteiger partial charge on any atom is -0.444 e. The molecule has 0 radical (unpaired) electrons. The van der Waals surface area contributed by atoms with Crippen LogP contribution in [0.4, 0.5) is 4.79 Å². The van der Waals surface area contributed by atoms with Gasteiger partial charge in [-0.05, 0) is 46.1 Å². The Morgan fingerprint density at radius 2 is 1.73 bits per heavy atom. The van der Waals surface area contributed by atoms with Gasteiger partial charge in [-0.3, -0.25) is 4.79 Å². The molecule has 0 saturated heterocycles. The second kappa shape index (κ2) is 10.1. The van der Waals surface area contributed by atoms with Crippen molar-refractivity contribution in [2.75, 3.05) is 6.54 Å². The molecule has 6 nitrogen and oxygen atoms in total. The summed E-state index contributed by atoms with van der Waals surface area (Å²) in [5.74, 6) is -0.0676. The van der Waals surface area contributed by atoms with Gasteiger partial charge in [0, 0.05) is 17.5 Å². The Labute approximate surface area is 183 Å². The summed E-state index contributed by atoms with van der Waals surface area (Å²) in [6.07, 6.45) is 1.21. The van der Waals surface area contributed by atoms with E-state index in [1.807, 2.05) is 71.2 Å². The van der Waals surface area contributed by atoms with E-state index in [9.17, 15) is 9.59 Å². The first-order chi connectivity index (χ1) is 14.1. The van der Waals surface area contributed by atoms with E-state index in [4.69, 9.17) is 4.74 Å². The van der Waals surface area contributed by atoms with Crippen LogP contribution in [0.5, 0.6) is 0 Å². The van der Waals surface area contributed by atoms with Crippen molar-refractivity contribution in [3.8, 4) is 11.3 Å². The second-order valence-electron chi connectivity index (χ2n) is 8.52. The lowest BCUT2D eigenvalue weighted by atomic mass is 9.92. The van der Waals surface area contributed by atoms with E-state index in [-0.39, 0.29) is 12.3 Å². The number of ether oxygens (including phenoxy) is 1. The van der Waals surface area contributed by atoms with E-state index in [0.717, 1.165) is 21.8 Å². The Hall–Kier alpha value is -2.41. The lowest BCUT2D eigenvalue weighted by molar-refractivity contribution is -0.122. The van der Waals surface area contributed by atoms with Gasteiger partial charge < -0.3 is 15.4 Å². The van der Waals surface area contributed by atoms with Gasteiger partial charge in [0.1, 0.15) is 5.60 Å². The average molecular weight is 432 g/mol. The van der Waals surface area contributed by atoms with Crippen molar-refractivity contribution in [3.63, 3.8) is 0 Å². The number of aryl methyl sites for hydroxylation is 1. The fourth-order valence-electron chi connectivity index (χ4n) is 3.09. The van der Waals surface area contributed by atoms with Gasteiger partial charge >= 0.3 is 6.09 Å². The fourth-order valence-corrected chi connectivity index (χ4v) is 3.71. The second-order valence-corrected chi connectivity index (χ2v) is 9.58.